The number of para-hydroxylation sites is 1. The van der Waals surface area contributed by atoms with E-state index in [1.165, 1.54) is 25.2 Å². The second kappa shape index (κ2) is 9.30. The summed E-state index contributed by atoms with van der Waals surface area (Å²) in [4.78, 5) is 12.3. The minimum atomic E-state index is -3.40. The van der Waals surface area contributed by atoms with Crippen LogP contribution in [0.1, 0.15) is 35.7 Å². The topological polar surface area (TPSA) is 75.7 Å². The lowest BCUT2D eigenvalue weighted by Gasteiger charge is -2.17. The monoisotopic (exact) mass is 424 g/mol. The first-order valence-corrected chi connectivity index (χ1v) is 11.1. The summed E-state index contributed by atoms with van der Waals surface area (Å²) in [5, 5.41) is 2.93. The van der Waals surface area contributed by atoms with E-state index in [0.29, 0.717) is 24.8 Å². The first-order valence-electron chi connectivity index (χ1n) is 8.84. The molecule has 2 rings (SSSR count). The fraction of sp³-hybridized carbons (Fsp3) is 0.350. The van der Waals surface area contributed by atoms with Crippen LogP contribution in [0.15, 0.2) is 42.5 Å². The highest BCUT2D eigenvalue weighted by molar-refractivity contribution is 7.92. The van der Waals surface area contributed by atoms with Crippen LogP contribution in [0.5, 0.6) is 5.75 Å². The van der Waals surface area contributed by atoms with E-state index in [9.17, 15) is 13.2 Å². The van der Waals surface area contributed by atoms with E-state index < -0.39 is 10.0 Å². The van der Waals surface area contributed by atoms with Gasteiger partial charge in [-0.25, -0.2) is 8.42 Å². The van der Waals surface area contributed by atoms with Crippen LogP contribution in [0.3, 0.4) is 0 Å². The molecular weight excluding hydrogens is 400 g/mol. The summed E-state index contributed by atoms with van der Waals surface area (Å²) in [6.07, 6.45) is 1.10. The van der Waals surface area contributed by atoms with Crippen LogP contribution in [0.4, 0.5) is 5.69 Å². The van der Waals surface area contributed by atoms with Crippen LogP contribution in [-0.4, -0.2) is 40.8 Å². The number of hydrogen-bond acceptors (Lipinski definition) is 4. The largest absolute Gasteiger partial charge is 0.491 e. The molecule has 28 heavy (non-hydrogen) atoms. The predicted molar refractivity (Wildman–Crippen MR) is 113 cm³/mol. The van der Waals surface area contributed by atoms with Crippen molar-refractivity contribution in [3.05, 3.63) is 58.6 Å². The molecule has 0 atom stereocenters. The molecule has 1 N–H and O–H groups in total. The number of nitrogens with zero attached hydrogens (tertiary/aromatic N) is 1. The van der Waals surface area contributed by atoms with E-state index in [-0.39, 0.29) is 16.5 Å². The molecule has 2 aromatic rings. The Bertz CT molecular complexity index is 945. The van der Waals surface area contributed by atoms with Gasteiger partial charge in [-0.3, -0.25) is 9.10 Å². The molecule has 0 unspecified atom stereocenters. The van der Waals surface area contributed by atoms with E-state index in [0.717, 1.165) is 21.9 Å². The van der Waals surface area contributed by atoms with Crippen LogP contribution in [-0.2, 0) is 10.0 Å². The van der Waals surface area contributed by atoms with Gasteiger partial charge in [0.15, 0.2) is 0 Å². The van der Waals surface area contributed by atoms with Gasteiger partial charge in [0.25, 0.3) is 5.91 Å². The molecule has 2 aromatic carbocycles. The molecule has 152 valence electrons. The average molecular weight is 425 g/mol. The molecule has 0 spiro atoms. The number of ether oxygens (including phenoxy) is 1. The van der Waals surface area contributed by atoms with Gasteiger partial charge < -0.3 is 10.1 Å². The number of nitrogens with one attached hydrogen (secondary N) is 1. The van der Waals surface area contributed by atoms with Gasteiger partial charge in [0.2, 0.25) is 10.0 Å². The van der Waals surface area contributed by atoms with Gasteiger partial charge in [0, 0.05) is 7.05 Å². The van der Waals surface area contributed by atoms with E-state index in [4.69, 9.17) is 16.3 Å². The highest BCUT2D eigenvalue weighted by Crippen LogP contribution is 2.26. The minimum Gasteiger partial charge on any atom is -0.491 e. The SMILES string of the molecule is CC(C)c1ccccc1OCCNC(=O)c1ccc(N(C)S(C)(=O)=O)cc1Cl. The Morgan fingerprint density at radius 2 is 1.89 bits per heavy atom. The Morgan fingerprint density at radius 3 is 2.50 bits per heavy atom. The summed E-state index contributed by atoms with van der Waals surface area (Å²) < 4.78 is 30.1. The standard InChI is InChI=1S/C20H25ClN2O4S/c1-14(2)16-7-5-6-8-19(16)27-12-11-22-20(24)17-10-9-15(13-18(17)21)23(3)28(4,25)26/h5-10,13-14H,11-12H2,1-4H3,(H,22,24). The van der Waals surface area contributed by atoms with Crippen molar-refractivity contribution >= 4 is 33.2 Å². The molecule has 8 heteroatoms. The Hall–Kier alpha value is -2.25. The molecule has 0 saturated carbocycles. The van der Waals surface area contributed by atoms with Crippen molar-refractivity contribution in [1.29, 1.82) is 0 Å². The number of benzene rings is 2. The highest BCUT2D eigenvalue weighted by Gasteiger charge is 2.16. The summed E-state index contributed by atoms with van der Waals surface area (Å²) in [7, 11) is -1.98. The maximum absolute atomic E-state index is 12.3. The number of hydrogen-bond donors (Lipinski definition) is 1. The smallest absolute Gasteiger partial charge is 0.252 e. The number of halogens is 1. The lowest BCUT2D eigenvalue weighted by Crippen LogP contribution is -2.29. The van der Waals surface area contributed by atoms with Gasteiger partial charge >= 0.3 is 0 Å². The van der Waals surface area contributed by atoms with E-state index in [1.807, 2.05) is 24.3 Å². The molecule has 0 fully saturated rings. The van der Waals surface area contributed by atoms with Gasteiger partial charge in [-0.05, 0) is 35.7 Å². The van der Waals surface area contributed by atoms with E-state index in [2.05, 4.69) is 19.2 Å². The first kappa shape index (κ1) is 22.0. The zero-order chi connectivity index (χ0) is 20.9. The van der Waals surface area contributed by atoms with Crippen LogP contribution in [0.2, 0.25) is 5.02 Å². The van der Waals surface area contributed by atoms with Crippen molar-refractivity contribution in [1.82, 2.24) is 5.32 Å². The summed E-state index contributed by atoms with van der Waals surface area (Å²) in [6.45, 7) is 4.82. The summed E-state index contributed by atoms with van der Waals surface area (Å²) in [6, 6.07) is 12.3. The third-order valence-electron chi connectivity index (χ3n) is 4.24. The summed E-state index contributed by atoms with van der Waals surface area (Å²) in [5.74, 6) is 0.797. The fourth-order valence-electron chi connectivity index (χ4n) is 2.59. The molecule has 6 nitrogen and oxygen atoms in total. The summed E-state index contributed by atoms with van der Waals surface area (Å²) in [5.41, 5.74) is 1.77. The molecule has 1 amide bonds. The predicted octanol–water partition coefficient (Wildman–Crippen LogP) is 3.67. The van der Waals surface area contributed by atoms with Gasteiger partial charge in [-0.2, -0.15) is 0 Å². The Labute approximate surface area is 171 Å². The lowest BCUT2D eigenvalue weighted by molar-refractivity contribution is 0.0947. The molecular formula is C20H25ClN2O4S. The highest BCUT2D eigenvalue weighted by atomic mass is 35.5. The third kappa shape index (κ3) is 5.62. The Kier molecular flexibility index (Phi) is 7.32. The van der Waals surface area contributed by atoms with Crippen LogP contribution < -0.4 is 14.4 Å². The van der Waals surface area contributed by atoms with Crippen LogP contribution in [0.25, 0.3) is 0 Å². The average Bonchev–Trinajstić information content (AvgIpc) is 2.63. The first-order chi connectivity index (χ1) is 13.1. The molecule has 0 aliphatic rings. The number of rotatable bonds is 8. The van der Waals surface area contributed by atoms with Crippen LogP contribution >= 0.6 is 11.6 Å². The molecule has 0 aliphatic carbocycles. The van der Waals surface area contributed by atoms with Gasteiger partial charge in [-0.15, -0.1) is 0 Å². The number of carbonyl (C=O) groups excluding carboxylic acids is 1. The van der Waals surface area contributed by atoms with Crippen molar-refractivity contribution < 1.29 is 17.9 Å². The molecule has 0 bridgehead atoms. The maximum atomic E-state index is 12.3. The van der Waals surface area contributed by atoms with Gasteiger partial charge in [0.1, 0.15) is 12.4 Å². The van der Waals surface area contributed by atoms with Crippen molar-refractivity contribution in [2.75, 3.05) is 30.8 Å². The summed E-state index contributed by atoms with van der Waals surface area (Å²) >= 11 is 6.17. The second-order valence-electron chi connectivity index (χ2n) is 6.69. The minimum absolute atomic E-state index is 0.177. The lowest BCUT2D eigenvalue weighted by atomic mass is 10.0. The Balaban J connectivity index is 1.95. The number of sulfonamides is 1. The number of carbonyl (C=O) groups is 1. The third-order valence-corrected chi connectivity index (χ3v) is 5.76. The fourth-order valence-corrected chi connectivity index (χ4v) is 3.34. The number of amides is 1. The maximum Gasteiger partial charge on any atom is 0.252 e. The molecule has 0 aromatic heterocycles. The van der Waals surface area contributed by atoms with Crippen molar-refractivity contribution in [2.45, 2.75) is 19.8 Å². The van der Waals surface area contributed by atoms with Crippen molar-refractivity contribution in [3.8, 4) is 5.75 Å². The molecule has 0 heterocycles. The van der Waals surface area contributed by atoms with E-state index >= 15 is 0 Å². The van der Waals surface area contributed by atoms with E-state index in [1.54, 1.807) is 0 Å². The van der Waals surface area contributed by atoms with Crippen molar-refractivity contribution in [2.24, 2.45) is 0 Å². The van der Waals surface area contributed by atoms with Crippen molar-refractivity contribution in [3.63, 3.8) is 0 Å². The normalized spacial score (nSPS) is 11.4. The second-order valence-corrected chi connectivity index (χ2v) is 9.11. The molecule has 0 radical (unpaired) electrons. The van der Waals surface area contributed by atoms with Crippen LogP contribution in [0, 0.1) is 0 Å². The molecule has 0 saturated heterocycles. The van der Waals surface area contributed by atoms with Gasteiger partial charge in [0.05, 0.1) is 29.1 Å². The Morgan fingerprint density at radius 1 is 1.21 bits per heavy atom. The molecule has 0 aliphatic heterocycles. The zero-order valence-corrected chi connectivity index (χ0v) is 18.0. The number of anilines is 1. The zero-order valence-electron chi connectivity index (χ0n) is 16.4. The van der Waals surface area contributed by atoms with Gasteiger partial charge in [-0.1, -0.05) is 43.6 Å². The quantitative estimate of drug-likeness (QED) is 0.656.